The number of nitrogens with one attached hydrogen (secondary N) is 1. The van der Waals surface area contributed by atoms with Gasteiger partial charge in [-0.3, -0.25) is 9.59 Å². The first-order valence-electron chi connectivity index (χ1n) is 7.18. The van der Waals surface area contributed by atoms with Gasteiger partial charge >= 0.3 is 0 Å². The summed E-state index contributed by atoms with van der Waals surface area (Å²) in [5.74, 6) is 0.544. The number of anilines is 1. The predicted octanol–water partition coefficient (Wildman–Crippen LogP) is 1.77. The van der Waals surface area contributed by atoms with E-state index in [1.54, 1.807) is 18.2 Å². The molecule has 2 fully saturated rings. The van der Waals surface area contributed by atoms with Crippen LogP contribution >= 0.6 is 15.9 Å². The Hall–Kier alpha value is -1.56. The molecule has 0 spiro atoms. The van der Waals surface area contributed by atoms with E-state index in [-0.39, 0.29) is 17.9 Å². The smallest absolute Gasteiger partial charge is 0.253 e. The number of likely N-dealkylation sites (tertiary alicyclic amines) is 1. The number of halogens is 1. The maximum absolute atomic E-state index is 12.6. The molecule has 2 heterocycles. The number of carbonyl (C=O) groups excluding carboxylic acids is 2. The van der Waals surface area contributed by atoms with Crippen LogP contribution in [0.2, 0.25) is 0 Å². The molecule has 2 aliphatic heterocycles. The van der Waals surface area contributed by atoms with Crippen LogP contribution in [0.5, 0.6) is 0 Å². The third-order valence-corrected chi connectivity index (χ3v) is 5.04. The van der Waals surface area contributed by atoms with Gasteiger partial charge in [0.1, 0.15) is 0 Å². The summed E-state index contributed by atoms with van der Waals surface area (Å²) < 4.78 is 0.744. The summed E-state index contributed by atoms with van der Waals surface area (Å²) in [7, 11) is 0. The molecule has 5 nitrogen and oxygen atoms in total. The number of hydrogen-bond donors (Lipinski definition) is 2. The normalized spacial score (nSPS) is 25.2. The fraction of sp³-hybridized carbons (Fsp3) is 0.467. The highest BCUT2D eigenvalue weighted by molar-refractivity contribution is 9.10. The fourth-order valence-electron chi connectivity index (χ4n) is 3.14. The Morgan fingerprint density at radius 3 is 2.95 bits per heavy atom. The third-order valence-electron chi connectivity index (χ3n) is 4.36. The number of nitrogen functional groups attached to an aromatic ring is 1. The molecule has 2 amide bonds. The van der Waals surface area contributed by atoms with Crippen LogP contribution in [0.1, 0.15) is 29.6 Å². The van der Waals surface area contributed by atoms with Crippen LogP contribution in [0.25, 0.3) is 0 Å². The Morgan fingerprint density at radius 1 is 1.38 bits per heavy atom. The Kier molecular flexibility index (Phi) is 3.89. The van der Waals surface area contributed by atoms with E-state index in [0.717, 1.165) is 17.3 Å². The van der Waals surface area contributed by atoms with Crippen LogP contribution in [0, 0.1) is 5.92 Å². The van der Waals surface area contributed by atoms with E-state index < -0.39 is 0 Å². The maximum atomic E-state index is 12.6. The van der Waals surface area contributed by atoms with Crippen LogP contribution in [-0.2, 0) is 4.79 Å². The van der Waals surface area contributed by atoms with Crippen molar-refractivity contribution in [2.75, 3.05) is 18.8 Å². The zero-order valence-corrected chi connectivity index (χ0v) is 13.2. The lowest BCUT2D eigenvalue weighted by molar-refractivity contribution is -0.125. The zero-order valence-electron chi connectivity index (χ0n) is 11.6. The van der Waals surface area contributed by atoms with Crippen LogP contribution < -0.4 is 11.1 Å². The molecular formula is C15H18BrN3O2. The van der Waals surface area contributed by atoms with Gasteiger partial charge < -0.3 is 16.0 Å². The SMILES string of the molecule is Nc1ccc(C(=O)N2CCC3NC(=O)CCC3C2)cc1Br. The van der Waals surface area contributed by atoms with Gasteiger partial charge in [-0.15, -0.1) is 0 Å². The molecular weight excluding hydrogens is 334 g/mol. The summed E-state index contributed by atoms with van der Waals surface area (Å²) in [5, 5.41) is 3.03. The zero-order chi connectivity index (χ0) is 15.0. The molecule has 6 heteroatoms. The summed E-state index contributed by atoms with van der Waals surface area (Å²) in [6, 6.07) is 5.50. The number of nitrogens with zero attached hydrogens (tertiary/aromatic N) is 1. The summed E-state index contributed by atoms with van der Waals surface area (Å²) >= 11 is 3.36. The molecule has 3 rings (SSSR count). The van der Waals surface area contributed by atoms with Crippen LogP contribution in [0.4, 0.5) is 5.69 Å². The van der Waals surface area contributed by atoms with Crippen molar-refractivity contribution in [3.05, 3.63) is 28.2 Å². The topological polar surface area (TPSA) is 75.4 Å². The highest BCUT2D eigenvalue weighted by Gasteiger charge is 2.35. The van der Waals surface area contributed by atoms with Crippen LogP contribution in [0.3, 0.4) is 0 Å². The highest BCUT2D eigenvalue weighted by Crippen LogP contribution is 2.27. The molecule has 1 aromatic carbocycles. The van der Waals surface area contributed by atoms with Crippen molar-refractivity contribution in [2.45, 2.75) is 25.3 Å². The number of nitrogens with two attached hydrogens (primary N) is 1. The second-order valence-corrected chi connectivity index (χ2v) is 6.60. The van der Waals surface area contributed by atoms with Crippen molar-refractivity contribution in [3.8, 4) is 0 Å². The molecule has 21 heavy (non-hydrogen) atoms. The monoisotopic (exact) mass is 351 g/mol. The summed E-state index contributed by atoms with van der Waals surface area (Å²) in [5.41, 5.74) is 7.03. The van der Waals surface area contributed by atoms with Crippen molar-refractivity contribution in [1.29, 1.82) is 0 Å². The molecule has 2 aliphatic rings. The molecule has 1 aromatic rings. The molecule has 3 N–H and O–H groups in total. The van der Waals surface area contributed by atoms with E-state index in [1.165, 1.54) is 0 Å². The van der Waals surface area contributed by atoms with Gasteiger partial charge in [-0.05, 0) is 52.9 Å². The minimum Gasteiger partial charge on any atom is -0.398 e. The predicted molar refractivity (Wildman–Crippen MR) is 83.7 cm³/mol. The molecule has 0 aromatic heterocycles. The second kappa shape index (κ2) is 5.67. The number of piperidine rings is 2. The Balaban J connectivity index is 1.71. The first kappa shape index (κ1) is 14.4. The minimum absolute atomic E-state index is 0.0334. The average Bonchev–Trinajstić information content (AvgIpc) is 2.49. The molecule has 0 aliphatic carbocycles. The lowest BCUT2D eigenvalue weighted by Gasteiger charge is -2.41. The number of amides is 2. The van der Waals surface area contributed by atoms with E-state index >= 15 is 0 Å². The Bertz CT molecular complexity index is 590. The quantitative estimate of drug-likeness (QED) is 0.757. The molecule has 2 atom stereocenters. The van der Waals surface area contributed by atoms with E-state index in [2.05, 4.69) is 21.2 Å². The van der Waals surface area contributed by atoms with Crippen LogP contribution in [-0.4, -0.2) is 35.8 Å². The summed E-state index contributed by atoms with van der Waals surface area (Å²) in [4.78, 5) is 25.9. The van der Waals surface area contributed by atoms with Gasteiger partial charge in [-0.1, -0.05) is 0 Å². The lowest BCUT2D eigenvalue weighted by Crippen LogP contribution is -2.55. The molecule has 0 saturated carbocycles. The minimum atomic E-state index is 0.0334. The van der Waals surface area contributed by atoms with Gasteiger partial charge in [0.05, 0.1) is 0 Å². The first-order chi connectivity index (χ1) is 10.0. The Labute approximate surface area is 132 Å². The standard InChI is InChI=1S/C15H18BrN3O2/c16-11-7-9(1-3-12(11)17)15(21)19-6-5-13-10(8-19)2-4-14(20)18-13/h1,3,7,10,13H,2,4-6,8,17H2,(H,18,20). The van der Waals surface area contributed by atoms with Gasteiger partial charge in [-0.2, -0.15) is 0 Å². The summed E-state index contributed by atoms with van der Waals surface area (Å²) in [6.45, 7) is 1.40. The number of rotatable bonds is 1. The third kappa shape index (κ3) is 2.90. The lowest BCUT2D eigenvalue weighted by atomic mass is 9.85. The van der Waals surface area contributed by atoms with Gasteiger partial charge in [0.25, 0.3) is 5.91 Å². The van der Waals surface area contributed by atoms with Crippen molar-refractivity contribution in [1.82, 2.24) is 10.2 Å². The van der Waals surface area contributed by atoms with Crippen molar-refractivity contribution in [3.63, 3.8) is 0 Å². The van der Waals surface area contributed by atoms with E-state index in [4.69, 9.17) is 5.73 Å². The van der Waals surface area contributed by atoms with Crippen molar-refractivity contribution >= 4 is 33.4 Å². The second-order valence-electron chi connectivity index (χ2n) is 5.75. The van der Waals surface area contributed by atoms with Gasteiger partial charge in [0.2, 0.25) is 5.91 Å². The Morgan fingerprint density at radius 2 is 2.19 bits per heavy atom. The van der Waals surface area contributed by atoms with Gasteiger partial charge in [-0.25, -0.2) is 0 Å². The molecule has 2 unspecified atom stereocenters. The maximum Gasteiger partial charge on any atom is 0.253 e. The molecule has 112 valence electrons. The van der Waals surface area contributed by atoms with E-state index in [1.807, 2.05) is 4.90 Å². The van der Waals surface area contributed by atoms with Crippen molar-refractivity contribution in [2.24, 2.45) is 5.92 Å². The molecule has 0 bridgehead atoms. The number of carbonyl (C=O) groups is 2. The van der Waals surface area contributed by atoms with Crippen molar-refractivity contribution < 1.29 is 9.59 Å². The fourth-order valence-corrected chi connectivity index (χ4v) is 3.52. The first-order valence-corrected chi connectivity index (χ1v) is 7.97. The van der Waals surface area contributed by atoms with Gasteiger partial charge in [0, 0.05) is 41.3 Å². The largest absolute Gasteiger partial charge is 0.398 e. The number of fused-ring (bicyclic) bond motifs is 1. The van der Waals surface area contributed by atoms with E-state index in [9.17, 15) is 9.59 Å². The number of hydrogen-bond acceptors (Lipinski definition) is 3. The van der Waals surface area contributed by atoms with E-state index in [0.29, 0.717) is 36.7 Å². The van der Waals surface area contributed by atoms with Gasteiger partial charge in [0.15, 0.2) is 0 Å². The highest BCUT2D eigenvalue weighted by atomic mass is 79.9. The average molecular weight is 352 g/mol. The summed E-state index contributed by atoms with van der Waals surface area (Å²) in [6.07, 6.45) is 2.26. The number of benzene rings is 1. The van der Waals surface area contributed by atoms with Crippen LogP contribution in [0.15, 0.2) is 22.7 Å². The molecule has 0 radical (unpaired) electrons. The molecule has 2 saturated heterocycles.